The third-order valence-electron chi connectivity index (χ3n) is 8.35. The molecule has 0 amide bonds. The third-order valence-corrected chi connectivity index (χ3v) is 8.35. The summed E-state index contributed by atoms with van der Waals surface area (Å²) in [5.41, 5.74) is 1.34. The summed E-state index contributed by atoms with van der Waals surface area (Å²) in [4.78, 5) is 12.9. The molecule has 31 heavy (non-hydrogen) atoms. The average molecular weight is 437 g/mol. The molecule has 0 saturated heterocycles. The molecule has 4 nitrogen and oxygen atoms in total. The van der Waals surface area contributed by atoms with Crippen molar-refractivity contribution in [1.29, 1.82) is 0 Å². The van der Waals surface area contributed by atoms with Gasteiger partial charge in [0, 0.05) is 12.2 Å². The molecule has 180 valence electrons. The summed E-state index contributed by atoms with van der Waals surface area (Å²) < 4.78 is 0. The standard InChI is InChI=1S/C27H48O4/c1-16(2)20-11-9-18(5)14-22(20)25(24(29)8-7-13-28)26(27(30)31)23-15-19(6)10-12-21(23)17(3)4/h16-24,28-29H,7-15H2,1-6H3,(H,30,31). The molecule has 7 atom stereocenters. The van der Waals surface area contributed by atoms with Crippen molar-refractivity contribution in [2.45, 2.75) is 99.0 Å². The maximum atomic E-state index is 12.9. The van der Waals surface area contributed by atoms with E-state index in [1.54, 1.807) is 0 Å². The number of hydrogen-bond acceptors (Lipinski definition) is 3. The van der Waals surface area contributed by atoms with Crippen molar-refractivity contribution < 1.29 is 20.1 Å². The number of rotatable bonds is 9. The molecule has 2 fully saturated rings. The normalized spacial score (nSPS) is 34.0. The van der Waals surface area contributed by atoms with Crippen LogP contribution in [0.1, 0.15) is 92.9 Å². The van der Waals surface area contributed by atoms with E-state index in [-0.39, 0.29) is 18.4 Å². The minimum absolute atomic E-state index is 0.00470. The van der Waals surface area contributed by atoms with Gasteiger partial charge in [-0.15, -0.1) is 0 Å². The molecule has 0 aromatic rings. The molecule has 0 radical (unpaired) electrons. The first-order valence-electron chi connectivity index (χ1n) is 12.8. The number of aliphatic carboxylic acids is 1. The monoisotopic (exact) mass is 436 g/mol. The van der Waals surface area contributed by atoms with E-state index in [4.69, 9.17) is 0 Å². The fraction of sp³-hybridized carbons (Fsp3) is 0.889. The van der Waals surface area contributed by atoms with E-state index < -0.39 is 12.1 Å². The van der Waals surface area contributed by atoms with Gasteiger partial charge in [-0.05, 0) is 91.4 Å². The molecule has 0 spiro atoms. The molecule has 2 aliphatic carbocycles. The van der Waals surface area contributed by atoms with Gasteiger partial charge in [0.15, 0.2) is 0 Å². The lowest BCUT2D eigenvalue weighted by Crippen LogP contribution is -2.38. The first kappa shape index (κ1) is 26.4. The van der Waals surface area contributed by atoms with Gasteiger partial charge in [-0.2, -0.15) is 0 Å². The summed E-state index contributed by atoms with van der Waals surface area (Å²) in [5.74, 6) is 1.98. The van der Waals surface area contributed by atoms with Gasteiger partial charge >= 0.3 is 5.97 Å². The van der Waals surface area contributed by atoms with E-state index >= 15 is 0 Å². The first-order chi connectivity index (χ1) is 14.6. The van der Waals surface area contributed by atoms with Gasteiger partial charge in [0.25, 0.3) is 0 Å². The van der Waals surface area contributed by atoms with Crippen LogP contribution in [-0.4, -0.2) is 34.0 Å². The lowest BCUT2D eigenvalue weighted by atomic mass is 9.61. The molecular weight excluding hydrogens is 388 g/mol. The topological polar surface area (TPSA) is 77.8 Å². The van der Waals surface area contributed by atoms with E-state index in [9.17, 15) is 20.1 Å². The second kappa shape index (κ2) is 11.8. The molecular formula is C27H48O4. The Balaban J connectivity index is 2.65. The Labute approximate surface area is 190 Å². The van der Waals surface area contributed by atoms with Crippen LogP contribution in [0.3, 0.4) is 0 Å². The first-order valence-corrected chi connectivity index (χ1v) is 12.8. The predicted molar refractivity (Wildman–Crippen MR) is 127 cm³/mol. The lowest BCUT2D eigenvalue weighted by molar-refractivity contribution is -0.134. The van der Waals surface area contributed by atoms with Crippen LogP contribution >= 0.6 is 0 Å². The fourth-order valence-corrected chi connectivity index (χ4v) is 6.66. The van der Waals surface area contributed by atoms with Gasteiger partial charge in [-0.3, -0.25) is 0 Å². The Morgan fingerprint density at radius 2 is 1.35 bits per heavy atom. The number of aliphatic hydroxyl groups excluding tert-OH is 2. The average Bonchev–Trinajstić information content (AvgIpc) is 2.69. The molecule has 2 saturated carbocycles. The van der Waals surface area contributed by atoms with Gasteiger partial charge in [-0.1, -0.05) is 54.4 Å². The van der Waals surface area contributed by atoms with Crippen molar-refractivity contribution in [2.75, 3.05) is 6.61 Å². The Hall–Kier alpha value is -0.870. The van der Waals surface area contributed by atoms with Crippen LogP contribution in [0.4, 0.5) is 0 Å². The van der Waals surface area contributed by atoms with E-state index in [1.807, 2.05) is 0 Å². The van der Waals surface area contributed by atoms with Crippen molar-refractivity contribution >= 4 is 5.97 Å². The van der Waals surface area contributed by atoms with Gasteiger partial charge in [0.2, 0.25) is 0 Å². The van der Waals surface area contributed by atoms with Crippen LogP contribution in [0.15, 0.2) is 11.1 Å². The predicted octanol–water partition coefficient (Wildman–Crippen LogP) is 5.92. The van der Waals surface area contributed by atoms with Gasteiger partial charge in [0.1, 0.15) is 0 Å². The smallest absolute Gasteiger partial charge is 0.331 e. The minimum Gasteiger partial charge on any atom is -0.478 e. The molecule has 2 rings (SSSR count). The minimum atomic E-state index is -0.830. The molecule has 0 heterocycles. The van der Waals surface area contributed by atoms with E-state index in [1.165, 1.54) is 6.42 Å². The second-order valence-electron chi connectivity index (χ2n) is 11.4. The van der Waals surface area contributed by atoms with Crippen LogP contribution in [0.25, 0.3) is 0 Å². The molecule has 0 aliphatic heterocycles. The fourth-order valence-electron chi connectivity index (χ4n) is 6.66. The van der Waals surface area contributed by atoms with Crippen LogP contribution < -0.4 is 0 Å². The number of carboxylic acids is 1. The van der Waals surface area contributed by atoms with Crippen molar-refractivity contribution in [2.24, 2.45) is 47.3 Å². The van der Waals surface area contributed by atoms with Gasteiger partial charge < -0.3 is 15.3 Å². The van der Waals surface area contributed by atoms with Crippen molar-refractivity contribution in [1.82, 2.24) is 0 Å². The Bertz CT molecular complexity index is 608. The molecule has 0 aromatic carbocycles. The highest BCUT2D eigenvalue weighted by atomic mass is 16.4. The summed E-state index contributed by atoms with van der Waals surface area (Å²) in [6.07, 6.45) is 6.51. The molecule has 4 heteroatoms. The number of aliphatic hydroxyl groups is 2. The zero-order chi connectivity index (χ0) is 23.3. The zero-order valence-corrected chi connectivity index (χ0v) is 20.8. The number of carbonyl (C=O) groups is 1. The highest BCUT2D eigenvalue weighted by molar-refractivity contribution is 5.88. The Morgan fingerprint density at radius 1 is 0.871 bits per heavy atom. The van der Waals surface area contributed by atoms with Crippen molar-refractivity contribution in [3.05, 3.63) is 11.1 Å². The largest absolute Gasteiger partial charge is 0.478 e. The van der Waals surface area contributed by atoms with Crippen LogP contribution in [-0.2, 0) is 4.79 Å². The maximum Gasteiger partial charge on any atom is 0.331 e. The van der Waals surface area contributed by atoms with Crippen molar-refractivity contribution in [3.63, 3.8) is 0 Å². The number of carboxylic acid groups (broad SMARTS) is 1. The third kappa shape index (κ3) is 6.57. The lowest BCUT2D eigenvalue weighted by Gasteiger charge is -2.44. The number of hydrogen-bond donors (Lipinski definition) is 3. The summed E-state index contributed by atoms with van der Waals surface area (Å²) in [6.45, 7) is 13.4. The molecule has 2 aliphatic rings. The van der Waals surface area contributed by atoms with Gasteiger partial charge in [-0.25, -0.2) is 4.79 Å². The Kier molecular flexibility index (Phi) is 10.1. The SMILES string of the molecule is CC1CCC(C(C)C)C(C(C(=O)O)=C(C(O)CCCO)C2CC(C)CCC2C(C)C)C1. The highest BCUT2D eigenvalue weighted by Gasteiger charge is 2.42. The zero-order valence-electron chi connectivity index (χ0n) is 20.8. The highest BCUT2D eigenvalue weighted by Crippen LogP contribution is 2.48. The molecule has 7 unspecified atom stereocenters. The van der Waals surface area contributed by atoms with E-state index in [0.29, 0.717) is 53.9 Å². The molecule has 0 aromatic heterocycles. The summed E-state index contributed by atoms with van der Waals surface area (Å²) in [7, 11) is 0. The van der Waals surface area contributed by atoms with Crippen molar-refractivity contribution in [3.8, 4) is 0 Å². The quantitative estimate of drug-likeness (QED) is 0.392. The van der Waals surface area contributed by atoms with Crippen LogP contribution in [0, 0.1) is 47.3 Å². The van der Waals surface area contributed by atoms with Gasteiger partial charge in [0.05, 0.1) is 6.10 Å². The van der Waals surface area contributed by atoms with Crippen LogP contribution in [0.2, 0.25) is 0 Å². The van der Waals surface area contributed by atoms with Crippen LogP contribution in [0.5, 0.6) is 0 Å². The summed E-state index contributed by atoms with van der Waals surface area (Å²) in [5, 5.41) is 31.3. The van der Waals surface area contributed by atoms with E-state index in [2.05, 4.69) is 41.5 Å². The Morgan fingerprint density at radius 3 is 1.81 bits per heavy atom. The van der Waals surface area contributed by atoms with E-state index in [0.717, 1.165) is 37.7 Å². The summed E-state index contributed by atoms with van der Waals surface area (Å²) >= 11 is 0. The summed E-state index contributed by atoms with van der Waals surface area (Å²) in [6, 6.07) is 0. The maximum absolute atomic E-state index is 12.9. The second-order valence-corrected chi connectivity index (χ2v) is 11.4. The molecule has 3 N–H and O–H groups in total. The molecule has 0 bridgehead atoms.